The zero-order valence-corrected chi connectivity index (χ0v) is 19.5. The number of benzene rings is 2. The number of hydrogen-bond acceptors (Lipinski definition) is 3. The second-order valence-corrected chi connectivity index (χ2v) is 10.3. The summed E-state index contributed by atoms with van der Waals surface area (Å²) in [6.07, 6.45) is 1.93. The summed E-state index contributed by atoms with van der Waals surface area (Å²) in [4.78, 5) is 10.9. The predicted octanol–water partition coefficient (Wildman–Crippen LogP) is 6.09. The van der Waals surface area contributed by atoms with Gasteiger partial charge in [-0.3, -0.25) is 4.79 Å². The molecule has 162 valence electrons. The van der Waals surface area contributed by atoms with Crippen LogP contribution in [0, 0.1) is 11.8 Å². The van der Waals surface area contributed by atoms with Gasteiger partial charge in [0.1, 0.15) is 0 Å². The number of aryl methyl sites for hydroxylation is 1. The zero-order chi connectivity index (χ0) is 21.7. The molecule has 2 aromatic carbocycles. The highest BCUT2D eigenvalue weighted by molar-refractivity contribution is 7.98. The molecule has 1 aliphatic rings. The lowest BCUT2D eigenvalue weighted by Crippen LogP contribution is -2.23. The molecule has 2 N–H and O–H groups in total. The van der Waals surface area contributed by atoms with Gasteiger partial charge in [0, 0.05) is 21.2 Å². The Morgan fingerprint density at radius 3 is 2.43 bits per heavy atom. The number of rotatable bonds is 9. The van der Waals surface area contributed by atoms with Crippen LogP contribution in [-0.2, 0) is 23.4 Å². The molecule has 1 saturated carbocycles. The van der Waals surface area contributed by atoms with Crippen molar-refractivity contribution in [2.75, 3.05) is 5.75 Å². The van der Waals surface area contributed by atoms with Crippen molar-refractivity contribution < 1.29 is 15.0 Å². The number of halogens is 3. The highest BCUT2D eigenvalue weighted by Gasteiger charge is 2.40. The fourth-order valence-corrected chi connectivity index (χ4v) is 6.50. The van der Waals surface area contributed by atoms with Crippen molar-refractivity contribution in [1.82, 2.24) is 0 Å². The number of alkyl halides is 1. The molecule has 7 heteroatoms. The molecule has 0 amide bonds. The van der Waals surface area contributed by atoms with E-state index in [9.17, 15) is 9.90 Å². The maximum Gasteiger partial charge on any atom is 0.307 e. The molecular weight excluding hydrogens is 463 g/mol. The van der Waals surface area contributed by atoms with Gasteiger partial charge in [-0.1, -0.05) is 47.5 Å². The quantitative estimate of drug-likeness (QED) is 0.420. The summed E-state index contributed by atoms with van der Waals surface area (Å²) in [5, 5.41) is 20.7. The van der Waals surface area contributed by atoms with E-state index in [2.05, 4.69) is 0 Å². The lowest BCUT2D eigenvalue weighted by Gasteiger charge is -2.23. The number of aliphatic hydroxyl groups is 1. The number of hydrogen-bond donors (Lipinski definition) is 2. The van der Waals surface area contributed by atoms with E-state index >= 15 is 0 Å². The topological polar surface area (TPSA) is 57.5 Å². The average Bonchev–Trinajstić information content (AvgIpc) is 2.92. The van der Waals surface area contributed by atoms with Crippen molar-refractivity contribution in [3.8, 4) is 0 Å². The monoisotopic (exact) mass is 486 g/mol. The molecule has 1 aliphatic carbocycles. The van der Waals surface area contributed by atoms with Gasteiger partial charge in [0.2, 0.25) is 0 Å². The second-order valence-electron chi connectivity index (χ2n) is 7.87. The summed E-state index contributed by atoms with van der Waals surface area (Å²) in [6.45, 7) is 0. The van der Waals surface area contributed by atoms with Crippen LogP contribution >= 0.6 is 46.6 Å². The Kier molecular flexibility index (Phi) is 8.79. The molecule has 0 heterocycles. The molecule has 0 aromatic heterocycles. The van der Waals surface area contributed by atoms with E-state index in [4.69, 9.17) is 39.9 Å². The minimum absolute atomic E-state index is 0.0287. The Morgan fingerprint density at radius 2 is 1.73 bits per heavy atom. The fraction of sp³-hybridized carbons (Fsp3) is 0.435. The average molecular weight is 488 g/mol. The lowest BCUT2D eigenvalue weighted by molar-refractivity contribution is -0.136. The van der Waals surface area contributed by atoms with Crippen LogP contribution in [-0.4, -0.2) is 33.4 Å². The molecule has 0 bridgehead atoms. The van der Waals surface area contributed by atoms with Gasteiger partial charge < -0.3 is 10.2 Å². The first-order valence-corrected chi connectivity index (χ1v) is 12.3. The molecule has 3 rings (SSSR count). The third kappa shape index (κ3) is 6.80. The first kappa shape index (κ1) is 23.7. The molecule has 3 nitrogen and oxygen atoms in total. The van der Waals surface area contributed by atoms with E-state index < -0.39 is 12.1 Å². The van der Waals surface area contributed by atoms with Crippen LogP contribution in [0.4, 0.5) is 0 Å². The first-order chi connectivity index (χ1) is 14.3. The SMILES string of the molecule is O=C(O)Cc1cccc(CC[C@@H]2[C@@H](CSCc3cc(Cl)cc(Cl)c3)[C@H](O)C[C@H]2Cl)c1. The van der Waals surface area contributed by atoms with E-state index in [-0.39, 0.29) is 23.6 Å². The van der Waals surface area contributed by atoms with Crippen molar-refractivity contribution in [2.24, 2.45) is 11.8 Å². The van der Waals surface area contributed by atoms with E-state index in [1.807, 2.05) is 36.4 Å². The molecule has 1 fully saturated rings. The number of aliphatic carboxylic acids is 1. The van der Waals surface area contributed by atoms with Crippen molar-refractivity contribution in [1.29, 1.82) is 0 Å². The number of carboxylic acid groups (broad SMARTS) is 1. The van der Waals surface area contributed by atoms with E-state index in [1.165, 1.54) is 0 Å². The zero-order valence-electron chi connectivity index (χ0n) is 16.4. The number of carboxylic acids is 1. The van der Waals surface area contributed by atoms with Gasteiger partial charge in [0.25, 0.3) is 0 Å². The van der Waals surface area contributed by atoms with Crippen LogP contribution in [0.3, 0.4) is 0 Å². The largest absolute Gasteiger partial charge is 0.481 e. The third-order valence-electron chi connectivity index (χ3n) is 5.59. The molecule has 0 saturated heterocycles. The summed E-state index contributed by atoms with van der Waals surface area (Å²) in [5.41, 5.74) is 2.99. The normalized spacial score (nSPS) is 23.6. The molecule has 2 aromatic rings. The Bertz CT molecular complexity index is 856. The lowest BCUT2D eigenvalue weighted by atomic mass is 9.90. The molecule has 0 spiro atoms. The van der Waals surface area contributed by atoms with Crippen molar-refractivity contribution in [3.05, 3.63) is 69.2 Å². The maximum absolute atomic E-state index is 10.9. The van der Waals surface area contributed by atoms with Gasteiger partial charge in [-0.15, -0.1) is 11.6 Å². The molecule has 30 heavy (non-hydrogen) atoms. The molecule has 4 atom stereocenters. The molecule has 0 radical (unpaired) electrons. The van der Waals surface area contributed by atoms with Crippen LogP contribution in [0.15, 0.2) is 42.5 Å². The number of aliphatic hydroxyl groups excluding tert-OH is 1. The predicted molar refractivity (Wildman–Crippen MR) is 126 cm³/mol. The summed E-state index contributed by atoms with van der Waals surface area (Å²) in [7, 11) is 0. The van der Waals surface area contributed by atoms with E-state index in [0.717, 1.165) is 41.0 Å². The Hall–Kier alpha value is -0.910. The van der Waals surface area contributed by atoms with Crippen molar-refractivity contribution in [3.63, 3.8) is 0 Å². The van der Waals surface area contributed by atoms with Gasteiger partial charge >= 0.3 is 5.97 Å². The standard InChI is InChI=1S/C23H25Cl3O3S/c24-17-7-16(8-18(25)10-17)12-30-13-20-19(21(26)11-22(20)27)5-4-14-2-1-3-15(6-14)9-23(28)29/h1-3,6-8,10,19-22,27H,4-5,9,11-13H2,(H,28,29)/t19-,20-,21-,22-/m1/s1. The number of carbonyl (C=O) groups is 1. The third-order valence-corrected chi connectivity index (χ3v) is 7.69. The summed E-state index contributed by atoms with van der Waals surface area (Å²) < 4.78 is 0. The number of thioether (sulfide) groups is 1. The van der Waals surface area contributed by atoms with Crippen molar-refractivity contribution >= 4 is 52.5 Å². The Labute approximate surface area is 196 Å². The second kappa shape index (κ2) is 11.1. The molecule has 0 aliphatic heterocycles. The van der Waals surface area contributed by atoms with Gasteiger partial charge in [-0.25, -0.2) is 0 Å². The first-order valence-electron chi connectivity index (χ1n) is 9.96. The van der Waals surface area contributed by atoms with Crippen LogP contribution in [0.1, 0.15) is 29.5 Å². The van der Waals surface area contributed by atoms with Crippen molar-refractivity contribution in [2.45, 2.75) is 42.9 Å². The summed E-state index contributed by atoms with van der Waals surface area (Å²) in [5.74, 6) is 1.12. The van der Waals surface area contributed by atoms with Gasteiger partial charge in [-0.05, 0) is 71.7 Å². The molecular formula is C23H25Cl3O3S. The van der Waals surface area contributed by atoms with E-state index in [0.29, 0.717) is 16.5 Å². The minimum Gasteiger partial charge on any atom is -0.481 e. The van der Waals surface area contributed by atoms with Gasteiger partial charge in [0.05, 0.1) is 12.5 Å². The van der Waals surface area contributed by atoms with Crippen LogP contribution in [0.2, 0.25) is 10.0 Å². The van der Waals surface area contributed by atoms with Crippen LogP contribution < -0.4 is 0 Å². The Morgan fingerprint density at radius 1 is 1.03 bits per heavy atom. The van der Waals surface area contributed by atoms with Gasteiger partial charge in [0.15, 0.2) is 0 Å². The summed E-state index contributed by atoms with van der Waals surface area (Å²) in [6, 6.07) is 13.3. The fourth-order valence-electron chi connectivity index (χ4n) is 4.17. The van der Waals surface area contributed by atoms with Crippen LogP contribution in [0.5, 0.6) is 0 Å². The smallest absolute Gasteiger partial charge is 0.307 e. The molecule has 0 unspecified atom stereocenters. The van der Waals surface area contributed by atoms with Crippen LogP contribution in [0.25, 0.3) is 0 Å². The maximum atomic E-state index is 10.9. The minimum atomic E-state index is -0.829. The highest BCUT2D eigenvalue weighted by Crippen LogP contribution is 2.41. The van der Waals surface area contributed by atoms with Gasteiger partial charge in [-0.2, -0.15) is 11.8 Å². The highest BCUT2D eigenvalue weighted by atomic mass is 35.5. The summed E-state index contributed by atoms with van der Waals surface area (Å²) >= 11 is 20.5. The Balaban J connectivity index is 1.57. The van der Waals surface area contributed by atoms with E-state index in [1.54, 1.807) is 17.8 Å².